The van der Waals surface area contributed by atoms with Crippen LogP contribution in [-0.2, 0) is 0 Å². The Morgan fingerprint density at radius 3 is 2.72 bits per heavy atom. The highest BCUT2D eigenvalue weighted by Crippen LogP contribution is 2.39. The van der Waals surface area contributed by atoms with Crippen molar-refractivity contribution >= 4 is 0 Å². The van der Waals surface area contributed by atoms with E-state index >= 15 is 0 Å². The topological polar surface area (TPSA) is 12.0 Å². The average Bonchev–Trinajstić information content (AvgIpc) is 2.40. The summed E-state index contributed by atoms with van der Waals surface area (Å²) >= 11 is 0. The van der Waals surface area contributed by atoms with Gasteiger partial charge in [0.25, 0.3) is 0 Å². The van der Waals surface area contributed by atoms with E-state index in [2.05, 4.69) is 44.3 Å². The Labute approximate surface area is 112 Å². The first-order chi connectivity index (χ1) is 8.74. The fourth-order valence-corrected chi connectivity index (χ4v) is 3.37. The molecule has 0 spiro atoms. The van der Waals surface area contributed by atoms with Gasteiger partial charge in [0, 0.05) is 0 Å². The van der Waals surface area contributed by atoms with Crippen molar-refractivity contribution in [3.63, 3.8) is 0 Å². The zero-order valence-electron chi connectivity index (χ0n) is 12.1. The minimum Gasteiger partial charge on any atom is -0.317 e. The van der Waals surface area contributed by atoms with Crippen LogP contribution in [0, 0.1) is 19.8 Å². The Morgan fingerprint density at radius 1 is 1.17 bits per heavy atom. The molecule has 18 heavy (non-hydrogen) atoms. The molecule has 0 aromatic heterocycles. The van der Waals surface area contributed by atoms with Crippen molar-refractivity contribution < 1.29 is 0 Å². The molecule has 1 nitrogen and oxygen atoms in total. The number of hydrogen-bond donors (Lipinski definition) is 1. The van der Waals surface area contributed by atoms with Gasteiger partial charge in [-0.3, -0.25) is 0 Å². The zero-order valence-corrected chi connectivity index (χ0v) is 12.1. The van der Waals surface area contributed by atoms with E-state index in [1.165, 1.54) is 43.4 Å². The van der Waals surface area contributed by atoms with Crippen LogP contribution in [0.3, 0.4) is 0 Å². The molecule has 2 rings (SSSR count). The summed E-state index contributed by atoms with van der Waals surface area (Å²) in [6, 6.07) is 6.83. The van der Waals surface area contributed by atoms with Crippen molar-refractivity contribution in [1.29, 1.82) is 0 Å². The molecule has 0 saturated heterocycles. The van der Waals surface area contributed by atoms with Gasteiger partial charge in [0.1, 0.15) is 0 Å². The highest BCUT2D eigenvalue weighted by molar-refractivity contribution is 5.36. The van der Waals surface area contributed by atoms with Gasteiger partial charge in [-0.2, -0.15) is 0 Å². The number of rotatable bonds is 4. The molecular weight excluding hydrogens is 218 g/mol. The first-order valence-corrected chi connectivity index (χ1v) is 7.50. The molecule has 1 aromatic carbocycles. The molecule has 1 heteroatoms. The number of benzene rings is 1. The van der Waals surface area contributed by atoms with Crippen molar-refractivity contribution in [1.82, 2.24) is 5.32 Å². The van der Waals surface area contributed by atoms with Crippen LogP contribution in [-0.4, -0.2) is 13.1 Å². The zero-order chi connectivity index (χ0) is 13.0. The lowest BCUT2D eigenvalue weighted by molar-refractivity contribution is 0.296. The van der Waals surface area contributed by atoms with Gasteiger partial charge in [0.05, 0.1) is 0 Å². The van der Waals surface area contributed by atoms with Gasteiger partial charge in [-0.15, -0.1) is 0 Å². The average molecular weight is 245 g/mol. The smallest absolute Gasteiger partial charge is 0.00148 e. The summed E-state index contributed by atoms with van der Waals surface area (Å²) < 4.78 is 0. The van der Waals surface area contributed by atoms with Crippen LogP contribution in [0.5, 0.6) is 0 Å². The maximum absolute atomic E-state index is 3.55. The molecule has 1 aromatic rings. The monoisotopic (exact) mass is 245 g/mol. The van der Waals surface area contributed by atoms with Crippen LogP contribution in [0.4, 0.5) is 0 Å². The Hall–Kier alpha value is -0.820. The standard InChI is InChI=1S/C17H27N/c1-4-18-12-15-9-5-6-10-17(15)16-11-7-8-13(2)14(16)3/h7-8,11,15,17-18H,4-6,9-10,12H2,1-3H3. The second-order valence-corrected chi connectivity index (χ2v) is 5.75. The van der Waals surface area contributed by atoms with Gasteiger partial charge >= 0.3 is 0 Å². The molecule has 1 saturated carbocycles. The Kier molecular flexibility index (Phi) is 4.82. The third kappa shape index (κ3) is 2.95. The molecule has 2 atom stereocenters. The summed E-state index contributed by atoms with van der Waals surface area (Å²) in [6.45, 7) is 9.02. The molecule has 0 radical (unpaired) electrons. The van der Waals surface area contributed by atoms with Crippen molar-refractivity contribution in [2.45, 2.75) is 52.4 Å². The van der Waals surface area contributed by atoms with Gasteiger partial charge in [0.2, 0.25) is 0 Å². The fourth-order valence-electron chi connectivity index (χ4n) is 3.37. The lowest BCUT2D eigenvalue weighted by Gasteiger charge is -2.33. The largest absolute Gasteiger partial charge is 0.317 e. The summed E-state index contributed by atoms with van der Waals surface area (Å²) in [5, 5.41) is 3.55. The van der Waals surface area contributed by atoms with Gasteiger partial charge in [-0.05, 0) is 68.3 Å². The van der Waals surface area contributed by atoms with E-state index in [9.17, 15) is 0 Å². The molecule has 100 valence electrons. The fraction of sp³-hybridized carbons (Fsp3) is 0.647. The summed E-state index contributed by atoms with van der Waals surface area (Å²) in [6.07, 6.45) is 5.59. The molecule has 2 unspecified atom stereocenters. The summed E-state index contributed by atoms with van der Waals surface area (Å²) in [7, 11) is 0. The second-order valence-electron chi connectivity index (χ2n) is 5.75. The molecule has 0 heterocycles. The first-order valence-electron chi connectivity index (χ1n) is 7.50. The lowest BCUT2D eigenvalue weighted by Crippen LogP contribution is -2.29. The van der Waals surface area contributed by atoms with E-state index in [4.69, 9.17) is 0 Å². The normalized spacial score (nSPS) is 24.2. The van der Waals surface area contributed by atoms with Gasteiger partial charge in [-0.1, -0.05) is 38.0 Å². The molecule has 1 aliphatic rings. The van der Waals surface area contributed by atoms with Crippen LogP contribution >= 0.6 is 0 Å². The van der Waals surface area contributed by atoms with E-state index < -0.39 is 0 Å². The first kappa shape index (κ1) is 13.6. The molecule has 1 fully saturated rings. The molecule has 0 aliphatic heterocycles. The molecular formula is C17H27N. The minimum atomic E-state index is 0.776. The van der Waals surface area contributed by atoms with E-state index in [1.807, 2.05) is 0 Å². The maximum atomic E-state index is 3.55. The Balaban J connectivity index is 2.19. The van der Waals surface area contributed by atoms with Crippen LogP contribution in [0.25, 0.3) is 0 Å². The summed E-state index contributed by atoms with van der Waals surface area (Å²) in [4.78, 5) is 0. The molecule has 0 amide bonds. The molecule has 1 aliphatic carbocycles. The minimum absolute atomic E-state index is 0.776. The van der Waals surface area contributed by atoms with Gasteiger partial charge in [-0.25, -0.2) is 0 Å². The van der Waals surface area contributed by atoms with Crippen LogP contribution in [0.15, 0.2) is 18.2 Å². The van der Waals surface area contributed by atoms with Crippen molar-refractivity contribution in [2.75, 3.05) is 13.1 Å². The number of aryl methyl sites for hydroxylation is 1. The van der Waals surface area contributed by atoms with Gasteiger partial charge in [0.15, 0.2) is 0 Å². The van der Waals surface area contributed by atoms with Crippen molar-refractivity contribution in [3.8, 4) is 0 Å². The maximum Gasteiger partial charge on any atom is -0.00148 e. The highest BCUT2D eigenvalue weighted by Gasteiger charge is 2.27. The number of hydrogen-bond acceptors (Lipinski definition) is 1. The van der Waals surface area contributed by atoms with Crippen LogP contribution < -0.4 is 5.32 Å². The highest BCUT2D eigenvalue weighted by atomic mass is 14.8. The van der Waals surface area contributed by atoms with Crippen molar-refractivity contribution in [3.05, 3.63) is 34.9 Å². The van der Waals surface area contributed by atoms with Gasteiger partial charge < -0.3 is 5.32 Å². The van der Waals surface area contributed by atoms with E-state index in [1.54, 1.807) is 5.56 Å². The summed E-state index contributed by atoms with van der Waals surface area (Å²) in [5.74, 6) is 1.61. The van der Waals surface area contributed by atoms with Crippen LogP contribution in [0.1, 0.15) is 55.2 Å². The Bertz CT molecular complexity index is 383. The predicted molar refractivity (Wildman–Crippen MR) is 79.2 cm³/mol. The Morgan fingerprint density at radius 2 is 1.94 bits per heavy atom. The molecule has 1 N–H and O–H groups in total. The van der Waals surface area contributed by atoms with E-state index in [-0.39, 0.29) is 0 Å². The van der Waals surface area contributed by atoms with Crippen LogP contribution in [0.2, 0.25) is 0 Å². The summed E-state index contributed by atoms with van der Waals surface area (Å²) in [5.41, 5.74) is 4.57. The van der Waals surface area contributed by atoms with E-state index in [0.29, 0.717) is 0 Å². The third-order valence-corrected chi connectivity index (χ3v) is 4.61. The lowest BCUT2D eigenvalue weighted by atomic mass is 9.74. The third-order valence-electron chi connectivity index (χ3n) is 4.61. The second kappa shape index (κ2) is 6.38. The predicted octanol–water partition coefficient (Wildman–Crippen LogP) is 4.19. The SMILES string of the molecule is CCNCC1CCCCC1c1cccc(C)c1C. The quantitative estimate of drug-likeness (QED) is 0.839. The molecule has 0 bridgehead atoms. The van der Waals surface area contributed by atoms with E-state index in [0.717, 1.165) is 18.4 Å². The number of nitrogens with one attached hydrogen (secondary N) is 1. The van der Waals surface area contributed by atoms with Crippen molar-refractivity contribution in [2.24, 2.45) is 5.92 Å².